The Morgan fingerprint density at radius 1 is 1.10 bits per heavy atom. The number of rotatable bonds is 2. The Labute approximate surface area is 124 Å². The fourth-order valence-corrected chi connectivity index (χ4v) is 2.81. The molecular weight excluding hydrogens is 264 g/mol. The third-order valence-electron chi connectivity index (χ3n) is 4.06. The van der Waals surface area contributed by atoms with Crippen LogP contribution in [0.1, 0.15) is 16.1 Å². The van der Waals surface area contributed by atoms with Crippen molar-refractivity contribution in [3.05, 3.63) is 47.8 Å². The molecule has 1 amide bonds. The second-order valence-corrected chi connectivity index (χ2v) is 5.41. The summed E-state index contributed by atoms with van der Waals surface area (Å²) < 4.78 is 1.63. The minimum Gasteiger partial charge on any atom is -0.368 e. The maximum atomic E-state index is 12.4. The van der Waals surface area contributed by atoms with Crippen LogP contribution >= 0.6 is 0 Å². The third-order valence-corrected chi connectivity index (χ3v) is 4.06. The Morgan fingerprint density at radius 2 is 1.81 bits per heavy atom. The van der Waals surface area contributed by atoms with Gasteiger partial charge in [-0.1, -0.05) is 18.2 Å². The fraction of sp³-hybridized carbons (Fsp3) is 0.375. The summed E-state index contributed by atoms with van der Waals surface area (Å²) in [7, 11) is 1.80. The van der Waals surface area contributed by atoms with E-state index in [0.717, 1.165) is 26.2 Å². The minimum atomic E-state index is 0.0689. The normalized spacial score (nSPS) is 15.3. The van der Waals surface area contributed by atoms with Crippen molar-refractivity contribution in [3.63, 3.8) is 0 Å². The van der Waals surface area contributed by atoms with Crippen LogP contribution in [-0.2, 0) is 7.05 Å². The van der Waals surface area contributed by atoms with Crippen molar-refractivity contribution >= 4 is 11.6 Å². The smallest absolute Gasteiger partial charge is 0.272 e. The van der Waals surface area contributed by atoms with E-state index in [1.165, 1.54) is 11.3 Å². The van der Waals surface area contributed by atoms with Gasteiger partial charge in [0.25, 0.3) is 5.91 Å². The number of nitrogens with zero attached hydrogens (tertiary/aromatic N) is 4. The van der Waals surface area contributed by atoms with Crippen LogP contribution in [0.15, 0.2) is 36.5 Å². The second-order valence-electron chi connectivity index (χ2n) is 5.41. The molecule has 0 N–H and O–H groups in total. The van der Waals surface area contributed by atoms with Crippen LogP contribution in [0.5, 0.6) is 0 Å². The standard InChI is InChI=1S/C16H20N4O/c1-13-5-3-4-6-14(13)19-9-11-20(12-10-19)16(21)15-7-8-17-18(15)2/h3-8H,9-12H2,1-2H3. The molecule has 0 saturated carbocycles. The molecule has 1 aromatic heterocycles. The van der Waals surface area contributed by atoms with Crippen molar-refractivity contribution in [3.8, 4) is 0 Å². The molecule has 0 spiro atoms. The summed E-state index contributed by atoms with van der Waals surface area (Å²) >= 11 is 0. The Hall–Kier alpha value is -2.30. The van der Waals surface area contributed by atoms with Crippen LogP contribution in [0.25, 0.3) is 0 Å². The van der Waals surface area contributed by atoms with E-state index in [4.69, 9.17) is 0 Å². The van der Waals surface area contributed by atoms with E-state index >= 15 is 0 Å². The van der Waals surface area contributed by atoms with Crippen molar-refractivity contribution in [1.29, 1.82) is 0 Å². The molecule has 21 heavy (non-hydrogen) atoms. The van der Waals surface area contributed by atoms with Crippen molar-refractivity contribution in [2.24, 2.45) is 7.05 Å². The molecule has 0 unspecified atom stereocenters. The van der Waals surface area contributed by atoms with E-state index in [-0.39, 0.29) is 5.91 Å². The molecule has 0 atom stereocenters. The van der Waals surface area contributed by atoms with Gasteiger partial charge in [-0.25, -0.2) is 0 Å². The van der Waals surface area contributed by atoms with E-state index in [1.54, 1.807) is 24.0 Å². The zero-order valence-corrected chi connectivity index (χ0v) is 12.5. The SMILES string of the molecule is Cc1ccccc1N1CCN(C(=O)c2ccnn2C)CC1. The van der Waals surface area contributed by atoms with Crippen LogP contribution in [0.3, 0.4) is 0 Å². The summed E-state index contributed by atoms with van der Waals surface area (Å²) in [6, 6.07) is 10.2. The molecule has 5 nitrogen and oxygen atoms in total. The first-order valence-corrected chi connectivity index (χ1v) is 7.24. The van der Waals surface area contributed by atoms with Crippen LogP contribution < -0.4 is 4.90 Å². The quantitative estimate of drug-likeness (QED) is 0.842. The number of para-hydroxylation sites is 1. The Bertz CT molecular complexity index is 641. The number of aromatic nitrogens is 2. The molecule has 0 bridgehead atoms. The van der Waals surface area contributed by atoms with Gasteiger partial charge < -0.3 is 9.80 Å². The fourth-order valence-electron chi connectivity index (χ4n) is 2.81. The van der Waals surface area contributed by atoms with E-state index in [1.807, 2.05) is 4.90 Å². The lowest BCUT2D eigenvalue weighted by Gasteiger charge is -2.36. The largest absolute Gasteiger partial charge is 0.368 e. The molecule has 2 aromatic rings. The number of amides is 1. The van der Waals surface area contributed by atoms with E-state index < -0.39 is 0 Å². The molecule has 1 fully saturated rings. The van der Waals surface area contributed by atoms with Crippen molar-refractivity contribution < 1.29 is 4.79 Å². The number of carbonyl (C=O) groups is 1. The van der Waals surface area contributed by atoms with Gasteiger partial charge in [0, 0.05) is 45.1 Å². The number of aryl methyl sites for hydroxylation is 2. The molecule has 0 aliphatic carbocycles. The Morgan fingerprint density at radius 3 is 2.43 bits per heavy atom. The van der Waals surface area contributed by atoms with Crippen LogP contribution in [-0.4, -0.2) is 46.8 Å². The summed E-state index contributed by atoms with van der Waals surface area (Å²) in [5.74, 6) is 0.0689. The van der Waals surface area contributed by atoms with Gasteiger partial charge in [-0.3, -0.25) is 9.48 Å². The topological polar surface area (TPSA) is 41.4 Å². The maximum Gasteiger partial charge on any atom is 0.272 e. The van der Waals surface area contributed by atoms with Crippen LogP contribution in [0.4, 0.5) is 5.69 Å². The lowest BCUT2D eigenvalue weighted by molar-refractivity contribution is 0.0735. The predicted octanol–water partition coefficient (Wildman–Crippen LogP) is 1.69. The van der Waals surface area contributed by atoms with Crippen molar-refractivity contribution in [2.75, 3.05) is 31.1 Å². The van der Waals surface area contributed by atoms with Gasteiger partial charge in [0.2, 0.25) is 0 Å². The molecule has 1 aliphatic rings. The number of hydrogen-bond donors (Lipinski definition) is 0. The van der Waals surface area contributed by atoms with E-state index in [0.29, 0.717) is 5.69 Å². The highest BCUT2D eigenvalue weighted by molar-refractivity contribution is 5.92. The second kappa shape index (κ2) is 5.60. The van der Waals surface area contributed by atoms with Gasteiger partial charge in [-0.05, 0) is 24.6 Å². The summed E-state index contributed by atoms with van der Waals surface area (Å²) in [6.45, 7) is 5.36. The maximum absolute atomic E-state index is 12.4. The molecule has 1 aromatic carbocycles. The summed E-state index contributed by atoms with van der Waals surface area (Å²) in [5.41, 5.74) is 3.20. The highest BCUT2D eigenvalue weighted by Gasteiger charge is 2.24. The van der Waals surface area contributed by atoms with Gasteiger partial charge in [-0.15, -0.1) is 0 Å². The van der Waals surface area contributed by atoms with Gasteiger partial charge >= 0.3 is 0 Å². The molecule has 0 radical (unpaired) electrons. The first kappa shape index (κ1) is 13.7. The number of piperazine rings is 1. The lowest BCUT2D eigenvalue weighted by Crippen LogP contribution is -2.49. The molecule has 110 valence electrons. The molecule has 1 aliphatic heterocycles. The molecular formula is C16H20N4O. The summed E-state index contributed by atoms with van der Waals surface area (Å²) in [4.78, 5) is 16.7. The van der Waals surface area contributed by atoms with E-state index in [2.05, 4.69) is 41.2 Å². The molecule has 1 saturated heterocycles. The first-order chi connectivity index (χ1) is 10.2. The summed E-state index contributed by atoms with van der Waals surface area (Å²) in [5, 5.41) is 4.07. The van der Waals surface area contributed by atoms with E-state index in [9.17, 15) is 4.79 Å². The van der Waals surface area contributed by atoms with Crippen molar-refractivity contribution in [1.82, 2.24) is 14.7 Å². The Balaban J connectivity index is 1.67. The van der Waals surface area contributed by atoms with Gasteiger partial charge in [0.05, 0.1) is 0 Å². The number of hydrogen-bond acceptors (Lipinski definition) is 3. The van der Waals surface area contributed by atoms with Gasteiger partial charge in [-0.2, -0.15) is 5.10 Å². The zero-order chi connectivity index (χ0) is 14.8. The number of benzene rings is 1. The average Bonchev–Trinajstić information content (AvgIpc) is 2.93. The summed E-state index contributed by atoms with van der Waals surface area (Å²) in [6.07, 6.45) is 1.66. The average molecular weight is 284 g/mol. The highest BCUT2D eigenvalue weighted by atomic mass is 16.2. The molecule has 5 heteroatoms. The predicted molar refractivity (Wildman–Crippen MR) is 82.5 cm³/mol. The lowest BCUT2D eigenvalue weighted by atomic mass is 10.1. The van der Waals surface area contributed by atoms with Gasteiger partial charge in [0.1, 0.15) is 5.69 Å². The third kappa shape index (κ3) is 2.63. The van der Waals surface area contributed by atoms with Gasteiger partial charge in [0.15, 0.2) is 0 Å². The zero-order valence-electron chi connectivity index (χ0n) is 12.5. The van der Waals surface area contributed by atoms with Crippen LogP contribution in [0, 0.1) is 6.92 Å². The molecule has 2 heterocycles. The monoisotopic (exact) mass is 284 g/mol. The minimum absolute atomic E-state index is 0.0689. The number of anilines is 1. The Kier molecular flexibility index (Phi) is 3.64. The van der Waals surface area contributed by atoms with Crippen LogP contribution in [0.2, 0.25) is 0 Å². The highest BCUT2D eigenvalue weighted by Crippen LogP contribution is 2.21. The first-order valence-electron chi connectivity index (χ1n) is 7.24. The van der Waals surface area contributed by atoms with Crippen molar-refractivity contribution in [2.45, 2.75) is 6.92 Å². The number of carbonyl (C=O) groups excluding carboxylic acids is 1. The molecule has 3 rings (SSSR count).